The smallest absolute Gasteiger partial charge is 0.344 e. The maximum Gasteiger partial charge on any atom is 0.344 e. The Labute approximate surface area is 167 Å². The van der Waals surface area contributed by atoms with Crippen LogP contribution in [0.15, 0.2) is 24.3 Å². The Morgan fingerprint density at radius 1 is 1.31 bits per heavy atom. The summed E-state index contributed by atoms with van der Waals surface area (Å²) in [6, 6.07) is 2.84. The average molecular weight is 408 g/mol. The highest BCUT2D eigenvalue weighted by molar-refractivity contribution is 5.95. The van der Waals surface area contributed by atoms with Crippen LogP contribution in [0, 0.1) is 0 Å². The number of cyclic esters (lactones) is 1. The molecule has 1 saturated heterocycles. The summed E-state index contributed by atoms with van der Waals surface area (Å²) in [6.07, 6.45) is -0.802. The minimum atomic E-state index is -2.28. The van der Waals surface area contributed by atoms with Gasteiger partial charge >= 0.3 is 11.9 Å². The quantitative estimate of drug-likeness (QED) is 0.372. The van der Waals surface area contributed by atoms with Gasteiger partial charge in [0.2, 0.25) is 5.60 Å². The first-order valence-corrected chi connectivity index (χ1v) is 9.15. The molecule has 9 heteroatoms. The molecule has 0 unspecified atom stereocenters. The lowest BCUT2D eigenvalue weighted by Crippen LogP contribution is -2.49. The van der Waals surface area contributed by atoms with Crippen molar-refractivity contribution in [2.45, 2.75) is 49.8 Å². The maximum absolute atomic E-state index is 12.7. The lowest BCUT2D eigenvalue weighted by atomic mass is 9.90. The van der Waals surface area contributed by atoms with E-state index >= 15 is 0 Å². The molecule has 1 fully saturated rings. The minimum absolute atomic E-state index is 0.0499. The summed E-state index contributed by atoms with van der Waals surface area (Å²) in [5.41, 5.74) is -1.99. The van der Waals surface area contributed by atoms with E-state index in [1.54, 1.807) is 13.0 Å². The van der Waals surface area contributed by atoms with E-state index in [2.05, 4.69) is 4.74 Å². The van der Waals surface area contributed by atoms with Crippen molar-refractivity contribution in [2.75, 3.05) is 14.2 Å². The van der Waals surface area contributed by atoms with Crippen molar-refractivity contribution in [3.8, 4) is 11.5 Å². The number of carbonyl (C=O) groups is 2. The first-order valence-electron chi connectivity index (χ1n) is 9.15. The second-order valence-corrected chi connectivity index (χ2v) is 7.13. The van der Waals surface area contributed by atoms with Gasteiger partial charge in [-0.15, -0.1) is 0 Å². The molecule has 0 radical (unpaired) electrons. The number of epoxide rings is 1. The number of phenolic OH excluding ortho intramolecular Hbond substituents is 1. The van der Waals surface area contributed by atoms with Crippen LogP contribution in [-0.4, -0.2) is 65.4 Å². The van der Waals surface area contributed by atoms with Gasteiger partial charge in [0, 0.05) is 24.5 Å². The van der Waals surface area contributed by atoms with Crippen LogP contribution in [0.2, 0.25) is 0 Å². The van der Waals surface area contributed by atoms with Crippen molar-refractivity contribution < 1.29 is 43.9 Å². The lowest BCUT2D eigenvalue weighted by molar-refractivity contribution is -0.167. The number of hydrogen-bond acceptors (Lipinski definition) is 9. The predicted molar refractivity (Wildman–Crippen MR) is 98.5 cm³/mol. The van der Waals surface area contributed by atoms with Crippen molar-refractivity contribution in [3.63, 3.8) is 0 Å². The van der Waals surface area contributed by atoms with E-state index in [-0.39, 0.29) is 24.2 Å². The molecule has 0 aromatic heterocycles. The highest BCUT2D eigenvalue weighted by Gasteiger charge is 2.50. The number of esters is 2. The maximum atomic E-state index is 12.7. The normalized spacial score (nSPS) is 32.9. The predicted octanol–water partition coefficient (Wildman–Crippen LogP) is 1.00. The molecule has 0 amide bonds. The summed E-state index contributed by atoms with van der Waals surface area (Å²) in [4.78, 5) is 24.8. The molecule has 3 rings (SSSR count). The number of phenols is 1. The molecule has 0 aliphatic carbocycles. The van der Waals surface area contributed by atoms with Crippen LogP contribution in [0.5, 0.6) is 11.5 Å². The number of aromatic hydroxyl groups is 1. The Kier molecular flexibility index (Phi) is 5.83. The molecule has 5 atom stereocenters. The topological polar surface area (TPSA) is 135 Å². The first-order chi connectivity index (χ1) is 13.7. The number of fused-ring (bicyclic) bond motifs is 3. The number of carbonyl (C=O) groups excluding carboxylic acids is 2. The van der Waals surface area contributed by atoms with E-state index in [1.807, 2.05) is 0 Å². The molecule has 1 aromatic rings. The van der Waals surface area contributed by atoms with Gasteiger partial charge in [-0.25, -0.2) is 9.59 Å². The van der Waals surface area contributed by atoms with Gasteiger partial charge in [-0.3, -0.25) is 0 Å². The molecule has 2 aliphatic heterocycles. The number of aliphatic hydroxyl groups excluding tert-OH is 1. The molecule has 0 saturated carbocycles. The highest BCUT2D eigenvalue weighted by Crippen LogP contribution is 2.47. The summed E-state index contributed by atoms with van der Waals surface area (Å²) in [6.45, 7) is 1.62. The Hall–Kier alpha value is -2.62. The standard InChI is InChI=1S/C20H24O9/c1-10-5-4-6-20(25,19(24)27-3)15(22)9-14-17(29-14)12-7-11(26-2)8-13(21)16(12)18(23)28-10/h4,6-8,10,14-15,17,21-22,25H,5,9H2,1-3H3/b6-4-/t10-,14+,15-,17+,20+/m0/s1. The van der Waals surface area contributed by atoms with Gasteiger partial charge in [0.15, 0.2) is 0 Å². The Bertz CT molecular complexity index is 833. The zero-order valence-corrected chi connectivity index (χ0v) is 16.3. The van der Waals surface area contributed by atoms with Gasteiger partial charge in [0.1, 0.15) is 29.3 Å². The first kappa shape index (κ1) is 21.1. The monoisotopic (exact) mass is 408 g/mol. The van der Waals surface area contributed by atoms with Crippen molar-refractivity contribution in [1.82, 2.24) is 0 Å². The fourth-order valence-electron chi connectivity index (χ4n) is 3.39. The molecule has 2 heterocycles. The number of methoxy groups -OCH3 is 2. The number of hydrogen-bond donors (Lipinski definition) is 3. The average Bonchev–Trinajstić information content (AvgIpc) is 3.44. The van der Waals surface area contributed by atoms with Crippen LogP contribution in [0.3, 0.4) is 0 Å². The summed E-state index contributed by atoms with van der Waals surface area (Å²) in [7, 11) is 2.52. The molecule has 0 bridgehead atoms. The summed E-state index contributed by atoms with van der Waals surface area (Å²) in [5.74, 6) is -1.76. The van der Waals surface area contributed by atoms with Crippen molar-refractivity contribution in [1.29, 1.82) is 0 Å². The third-order valence-corrected chi connectivity index (χ3v) is 5.07. The fraction of sp³-hybridized carbons (Fsp3) is 0.500. The Morgan fingerprint density at radius 2 is 2.03 bits per heavy atom. The highest BCUT2D eigenvalue weighted by atomic mass is 16.6. The second kappa shape index (κ2) is 8.02. The minimum Gasteiger partial charge on any atom is -0.507 e. The number of aliphatic hydroxyl groups is 2. The summed E-state index contributed by atoms with van der Waals surface area (Å²) < 4.78 is 20.7. The number of benzene rings is 1. The summed E-state index contributed by atoms with van der Waals surface area (Å²) >= 11 is 0. The third kappa shape index (κ3) is 4.07. The fourth-order valence-corrected chi connectivity index (χ4v) is 3.39. The molecule has 3 N–H and O–H groups in total. The van der Waals surface area contributed by atoms with Gasteiger partial charge < -0.3 is 34.3 Å². The molecular formula is C20H24O9. The lowest BCUT2D eigenvalue weighted by Gasteiger charge is -2.27. The molecule has 9 nitrogen and oxygen atoms in total. The molecule has 0 spiro atoms. The van der Waals surface area contributed by atoms with Crippen LogP contribution < -0.4 is 4.74 Å². The molecule has 2 aliphatic rings. The number of rotatable bonds is 2. The van der Waals surface area contributed by atoms with Crippen molar-refractivity contribution in [2.24, 2.45) is 0 Å². The van der Waals surface area contributed by atoms with E-state index in [9.17, 15) is 24.9 Å². The third-order valence-electron chi connectivity index (χ3n) is 5.07. The van der Waals surface area contributed by atoms with E-state index in [0.717, 1.165) is 13.2 Å². The zero-order chi connectivity index (χ0) is 21.3. The largest absolute Gasteiger partial charge is 0.507 e. The van der Waals surface area contributed by atoms with Gasteiger partial charge in [0.25, 0.3) is 0 Å². The molecule has 1 aromatic carbocycles. The van der Waals surface area contributed by atoms with E-state index < -0.39 is 42.0 Å². The van der Waals surface area contributed by atoms with E-state index in [0.29, 0.717) is 11.3 Å². The van der Waals surface area contributed by atoms with Crippen LogP contribution >= 0.6 is 0 Å². The molecule has 158 valence electrons. The second-order valence-electron chi connectivity index (χ2n) is 7.13. The number of ether oxygens (including phenoxy) is 4. The summed E-state index contributed by atoms with van der Waals surface area (Å²) in [5, 5.41) is 31.6. The van der Waals surface area contributed by atoms with Crippen molar-refractivity contribution in [3.05, 3.63) is 35.4 Å². The Balaban J connectivity index is 2.02. The van der Waals surface area contributed by atoms with Crippen molar-refractivity contribution >= 4 is 11.9 Å². The van der Waals surface area contributed by atoms with Crippen LogP contribution in [0.25, 0.3) is 0 Å². The molecular weight excluding hydrogens is 384 g/mol. The zero-order valence-electron chi connectivity index (χ0n) is 16.3. The SMILES string of the molecule is COC(=O)[C@@]1(O)/C=C\C[C@H](C)OC(=O)c2c(O)cc(OC)cc2[C@H]2O[C@@H]2C[C@@H]1O. The molecule has 29 heavy (non-hydrogen) atoms. The van der Waals surface area contributed by atoms with Crippen LogP contribution in [0.1, 0.15) is 41.8 Å². The van der Waals surface area contributed by atoms with Gasteiger partial charge in [-0.05, 0) is 19.1 Å². The van der Waals surface area contributed by atoms with Crippen LogP contribution in [-0.2, 0) is 19.0 Å². The Morgan fingerprint density at radius 3 is 2.69 bits per heavy atom. The van der Waals surface area contributed by atoms with Crippen LogP contribution in [0.4, 0.5) is 0 Å². The van der Waals surface area contributed by atoms with Gasteiger partial charge in [-0.1, -0.05) is 6.08 Å². The van der Waals surface area contributed by atoms with E-state index in [1.165, 1.54) is 19.3 Å². The van der Waals surface area contributed by atoms with E-state index in [4.69, 9.17) is 14.2 Å². The van der Waals surface area contributed by atoms with Gasteiger partial charge in [-0.2, -0.15) is 0 Å². The van der Waals surface area contributed by atoms with Gasteiger partial charge in [0.05, 0.1) is 26.4 Å².